The van der Waals surface area contributed by atoms with Crippen LogP contribution in [0.15, 0.2) is 42.5 Å². The average molecular weight is 399 g/mol. The van der Waals surface area contributed by atoms with Crippen LogP contribution in [0.3, 0.4) is 0 Å². The molecule has 2 fully saturated rings. The van der Waals surface area contributed by atoms with Crippen LogP contribution in [-0.2, 0) is 4.79 Å². The van der Waals surface area contributed by atoms with E-state index >= 15 is 0 Å². The van der Waals surface area contributed by atoms with Gasteiger partial charge in [-0.2, -0.15) is 0 Å². The van der Waals surface area contributed by atoms with Crippen LogP contribution in [0.1, 0.15) is 40.2 Å². The summed E-state index contributed by atoms with van der Waals surface area (Å²) in [7, 11) is 0. The van der Waals surface area contributed by atoms with Crippen LogP contribution in [0.2, 0.25) is 0 Å². The third-order valence-corrected chi connectivity index (χ3v) is 6.65. The minimum atomic E-state index is -0.292. The van der Waals surface area contributed by atoms with Crippen molar-refractivity contribution in [2.24, 2.45) is 5.92 Å². The Kier molecular flexibility index (Phi) is 5.15. The second-order valence-electron chi connectivity index (χ2n) is 7.62. The number of rotatable bonds is 3. The molecule has 2 aliphatic rings. The van der Waals surface area contributed by atoms with Crippen molar-refractivity contribution >= 4 is 29.3 Å². The lowest BCUT2D eigenvalue weighted by molar-refractivity contribution is -0.115. The molecule has 0 N–H and O–H groups in total. The van der Waals surface area contributed by atoms with Crippen LogP contribution in [0, 0.1) is 18.7 Å². The maximum Gasteiger partial charge on any atom is 0.253 e. The summed E-state index contributed by atoms with van der Waals surface area (Å²) < 4.78 is 13.3. The van der Waals surface area contributed by atoms with Crippen molar-refractivity contribution in [2.45, 2.75) is 25.6 Å². The van der Waals surface area contributed by atoms with Crippen molar-refractivity contribution < 1.29 is 14.0 Å². The van der Waals surface area contributed by atoms with Crippen molar-refractivity contribution in [3.8, 4) is 0 Å². The molecule has 146 valence electrons. The average Bonchev–Trinajstić information content (AvgIpc) is 3.28. The highest BCUT2D eigenvalue weighted by Crippen LogP contribution is 2.43. The highest BCUT2D eigenvalue weighted by molar-refractivity contribution is 8.00. The molecule has 6 heteroatoms. The van der Waals surface area contributed by atoms with E-state index in [9.17, 15) is 14.0 Å². The Balaban J connectivity index is 1.61. The molecule has 28 heavy (non-hydrogen) atoms. The molecule has 2 aromatic rings. The Hall–Kier alpha value is -2.34. The van der Waals surface area contributed by atoms with Crippen molar-refractivity contribution in [2.75, 3.05) is 23.7 Å². The van der Waals surface area contributed by atoms with Gasteiger partial charge in [0.25, 0.3) is 5.91 Å². The number of likely N-dealkylation sites (tertiary alicyclic amines) is 1. The highest BCUT2D eigenvalue weighted by atomic mass is 32.2. The molecule has 0 bridgehead atoms. The molecular weight excluding hydrogens is 375 g/mol. The molecule has 0 spiro atoms. The number of anilines is 1. The lowest BCUT2D eigenvalue weighted by Gasteiger charge is -2.26. The standard InChI is InChI=1S/C22H23FN2O2S/c1-14-9-10-24(12-14)21(27)17-5-8-19(15(2)11-17)25-20(26)13-28-22(25)16-3-6-18(23)7-4-16/h3-8,11,14,22H,9-10,12-13H2,1-2H3. The first-order valence-electron chi connectivity index (χ1n) is 9.53. The van der Waals surface area contributed by atoms with Crippen LogP contribution < -0.4 is 4.90 Å². The van der Waals surface area contributed by atoms with Gasteiger partial charge in [-0.15, -0.1) is 11.8 Å². The summed E-state index contributed by atoms with van der Waals surface area (Å²) in [6.07, 6.45) is 1.04. The molecule has 2 atom stereocenters. The van der Waals surface area contributed by atoms with Crippen molar-refractivity contribution in [1.29, 1.82) is 0 Å². The van der Waals surface area contributed by atoms with E-state index in [2.05, 4.69) is 6.92 Å². The first-order valence-corrected chi connectivity index (χ1v) is 10.6. The van der Waals surface area contributed by atoms with Crippen LogP contribution in [-0.4, -0.2) is 35.6 Å². The van der Waals surface area contributed by atoms with Gasteiger partial charge in [0.15, 0.2) is 0 Å². The number of nitrogens with zero attached hydrogens (tertiary/aromatic N) is 2. The summed E-state index contributed by atoms with van der Waals surface area (Å²) in [6.45, 7) is 5.69. The van der Waals surface area contributed by atoms with Crippen LogP contribution >= 0.6 is 11.8 Å². The van der Waals surface area contributed by atoms with E-state index in [1.165, 1.54) is 23.9 Å². The number of carbonyl (C=O) groups excluding carboxylic acids is 2. The quantitative estimate of drug-likeness (QED) is 0.770. The van der Waals surface area contributed by atoms with E-state index in [1.54, 1.807) is 17.0 Å². The lowest BCUT2D eigenvalue weighted by Crippen LogP contribution is -2.30. The molecule has 4 nitrogen and oxygen atoms in total. The van der Waals surface area contributed by atoms with Crippen molar-refractivity contribution in [3.63, 3.8) is 0 Å². The number of thioether (sulfide) groups is 1. The Labute approximate surface area is 168 Å². The molecule has 2 saturated heterocycles. The van der Waals surface area contributed by atoms with Gasteiger partial charge in [0, 0.05) is 24.3 Å². The van der Waals surface area contributed by atoms with Gasteiger partial charge in [-0.3, -0.25) is 14.5 Å². The fourth-order valence-corrected chi connectivity index (χ4v) is 5.09. The van der Waals surface area contributed by atoms with Crippen molar-refractivity contribution in [1.82, 2.24) is 4.90 Å². The smallest absolute Gasteiger partial charge is 0.253 e. The Morgan fingerprint density at radius 1 is 1.18 bits per heavy atom. The van der Waals surface area contributed by atoms with Crippen LogP contribution in [0.25, 0.3) is 0 Å². The molecule has 2 aliphatic heterocycles. The number of halogens is 1. The Bertz CT molecular complexity index is 915. The number of hydrogen-bond donors (Lipinski definition) is 0. The maximum absolute atomic E-state index is 13.3. The second-order valence-corrected chi connectivity index (χ2v) is 8.69. The second kappa shape index (κ2) is 7.59. The van der Waals surface area contributed by atoms with E-state index in [0.29, 0.717) is 17.2 Å². The van der Waals surface area contributed by atoms with E-state index in [0.717, 1.165) is 36.3 Å². The zero-order valence-electron chi connectivity index (χ0n) is 16.0. The van der Waals surface area contributed by atoms with Gasteiger partial charge in [0.05, 0.1) is 5.75 Å². The lowest BCUT2D eigenvalue weighted by atomic mass is 10.1. The predicted octanol–water partition coefficient (Wildman–Crippen LogP) is 4.39. The fraction of sp³-hybridized carbons (Fsp3) is 0.364. The SMILES string of the molecule is Cc1cc(C(=O)N2CCC(C)C2)ccc1N1C(=O)CSC1c1ccc(F)cc1. The van der Waals surface area contributed by atoms with Gasteiger partial charge in [-0.1, -0.05) is 19.1 Å². The summed E-state index contributed by atoms with van der Waals surface area (Å²) in [4.78, 5) is 29.0. The van der Waals surface area contributed by atoms with Gasteiger partial charge in [0.1, 0.15) is 11.2 Å². The minimum Gasteiger partial charge on any atom is -0.338 e. The first kappa shape index (κ1) is 19.0. The van der Waals surface area contributed by atoms with E-state index in [1.807, 2.05) is 30.0 Å². The monoisotopic (exact) mass is 398 g/mol. The zero-order valence-corrected chi connectivity index (χ0v) is 16.8. The minimum absolute atomic E-state index is 0.0230. The normalized spacial score (nSPS) is 22.2. The van der Waals surface area contributed by atoms with Gasteiger partial charge in [0.2, 0.25) is 5.91 Å². The Morgan fingerprint density at radius 3 is 2.57 bits per heavy atom. The maximum atomic E-state index is 13.3. The summed E-state index contributed by atoms with van der Waals surface area (Å²) in [6, 6.07) is 11.8. The summed E-state index contributed by atoms with van der Waals surface area (Å²) in [5.41, 5.74) is 3.24. The van der Waals surface area contributed by atoms with Crippen LogP contribution in [0.4, 0.5) is 10.1 Å². The molecule has 2 heterocycles. The van der Waals surface area contributed by atoms with Gasteiger partial charge < -0.3 is 4.90 Å². The number of aryl methyl sites for hydroxylation is 1. The van der Waals surface area contributed by atoms with E-state index < -0.39 is 0 Å². The van der Waals surface area contributed by atoms with Gasteiger partial charge in [-0.25, -0.2) is 4.39 Å². The fourth-order valence-electron chi connectivity index (χ4n) is 3.92. The largest absolute Gasteiger partial charge is 0.338 e. The molecule has 2 unspecified atom stereocenters. The molecule has 4 rings (SSSR count). The third kappa shape index (κ3) is 3.53. The van der Waals surface area contributed by atoms with Gasteiger partial charge in [-0.05, 0) is 60.7 Å². The van der Waals surface area contributed by atoms with E-state index in [-0.39, 0.29) is 23.0 Å². The number of hydrogen-bond acceptors (Lipinski definition) is 3. The Morgan fingerprint density at radius 2 is 1.93 bits per heavy atom. The molecule has 0 radical (unpaired) electrons. The predicted molar refractivity (Wildman–Crippen MR) is 110 cm³/mol. The zero-order chi connectivity index (χ0) is 19.8. The number of benzene rings is 2. The topological polar surface area (TPSA) is 40.6 Å². The number of amides is 2. The molecular formula is C22H23FN2O2S. The summed E-state index contributed by atoms with van der Waals surface area (Å²) in [5.74, 6) is 0.708. The van der Waals surface area contributed by atoms with Crippen LogP contribution in [0.5, 0.6) is 0 Å². The van der Waals surface area contributed by atoms with E-state index in [4.69, 9.17) is 0 Å². The molecule has 2 aromatic carbocycles. The third-order valence-electron chi connectivity index (χ3n) is 5.44. The number of carbonyl (C=O) groups is 2. The highest BCUT2D eigenvalue weighted by Gasteiger charge is 2.35. The van der Waals surface area contributed by atoms with Gasteiger partial charge >= 0.3 is 0 Å². The molecule has 0 aliphatic carbocycles. The first-order chi connectivity index (χ1) is 13.4. The van der Waals surface area contributed by atoms with Crippen molar-refractivity contribution in [3.05, 3.63) is 65.0 Å². The summed E-state index contributed by atoms with van der Waals surface area (Å²) >= 11 is 1.53. The summed E-state index contributed by atoms with van der Waals surface area (Å²) in [5, 5.41) is -0.187. The molecule has 0 aromatic heterocycles. The molecule has 2 amide bonds. The molecule has 0 saturated carbocycles.